The fraction of sp³-hybridized carbons (Fsp3) is 0.423. The summed E-state index contributed by atoms with van der Waals surface area (Å²) in [5, 5.41) is 9.87. The lowest BCUT2D eigenvalue weighted by Crippen LogP contribution is -2.50. The highest BCUT2D eigenvalue weighted by atomic mass is 35.5. The van der Waals surface area contributed by atoms with Crippen molar-refractivity contribution >= 4 is 35.6 Å². The fourth-order valence-electron chi connectivity index (χ4n) is 4.65. The number of hydrogen-bond donors (Lipinski definition) is 1. The summed E-state index contributed by atoms with van der Waals surface area (Å²) in [6.45, 7) is 5.15. The van der Waals surface area contributed by atoms with Gasteiger partial charge in [0.2, 0.25) is 0 Å². The van der Waals surface area contributed by atoms with Crippen molar-refractivity contribution in [3.8, 4) is 5.75 Å². The van der Waals surface area contributed by atoms with Crippen LogP contribution in [0.4, 0.5) is 0 Å². The van der Waals surface area contributed by atoms with Crippen LogP contribution in [0.2, 0.25) is 5.02 Å². The van der Waals surface area contributed by atoms with Crippen LogP contribution >= 0.6 is 24.0 Å². The van der Waals surface area contributed by atoms with Crippen LogP contribution in [0.3, 0.4) is 0 Å². The summed E-state index contributed by atoms with van der Waals surface area (Å²) in [4.78, 5) is 13.3. The molecule has 2 aromatic carbocycles. The van der Waals surface area contributed by atoms with Gasteiger partial charge in [-0.05, 0) is 78.6 Å². The lowest BCUT2D eigenvalue weighted by molar-refractivity contribution is -0.147. The Morgan fingerprint density at radius 1 is 1.16 bits per heavy atom. The number of hydrogen-bond acceptors (Lipinski definition) is 3. The summed E-state index contributed by atoms with van der Waals surface area (Å²) >= 11 is 5.94. The Morgan fingerprint density at radius 2 is 1.91 bits per heavy atom. The van der Waals surface area contributed by atoms with Crippen LogP contribution in [0, 0.1) is 5.92 Å². The summed E-state index contributed by atoms with van der Waals surface area (Å²) in [5.74, 6) is 0.0809. The molecule has 4 nitrogen and oxygen atoms in total. The number of halogens is 2. The van der Waals surface area contributed by atoms with E-state index in [2.05, 4.69) is 42.2 Å². The quantitative estimate of drug-likeness (QED) is 0.458. The monoisotopic (exact) mass is 475 g/mol. The van der Waals surface area contributed by atoms with E-state index in [1.165, 1.54) is 27.8 Å². The Bertz CT molecular complexity index is 966. The summed E-state index contributed by atoms with van der Waals surface area (Å²) in [7, 11) is 0. The van der Waals surface area contributed by atoms with Gasteiger partial charge in [0, 0.05) is 24.7 Å². The zero-order valence-corrected chi connectivity index (χ0v) is 20.1. The van der Waals surface area contributed by atoms with E-state index in [9.17, 15) is 4.79 Å². The summed E-state index contributed by atoms with van der Waals surface area (Å²) in [6, 6.07) is 14.5. The van der Waals surface area contributed by atoms with Crippen molar-refractivity contribution in [2.45, 2.75) is 39.0 Å². The highest BCUT2D eigenvalue weighted by Crippen LogP contribution is 2.36. The number of nitrogens with zero attached hydrogens (tertiary/aromatic N) is 1. The van der Waals surface area contributed by atoms with Crippen LogP contribution < -0.4 is 4.74 Å². The number of carbonyl (C=O) groups is 1. The first-order valence-electron chi connectivity index (χ1n) is 11.2. The minimum atomic E-state index is -0.671. The number of allylic oxidation sites excluding steroid dienone is 1. The van der Waals surface area contributed by atoms with Gasteiger partial charge in [-0.15, -0.1) is 12.4 Å². The van der Waals surface area contributed by atoms with Crippen molar-refractivity contribution in [1.82, 2.24) is 4.90 Å². The number of aryl methyl sites for hydroxylation is 2. The molecule has 1 saturated heterocycles. The highest BCUT2D eigenvalue weighted by Gasteiger charge is 2.33. The van der Waals surface area contributed by atoms with Gasteiger partial charge in [-0.25, -0.2) is 0 Å². The molecule has 0 spiro atoms. The average molecular weight is 476 g/mol. The van der Waals surface area contributed by atoms with E-state index in [4.69, 9.17) is 21.4 Å². The third-order valence-electron chi connectivity index (χ3n) is 6.39. The van der Waals surface area contributed by atoms with Gasteiger partial charge in [-0.2, -0.15) is 0 Å². The molecule has 1 heterocycles. The molecule has 0 amide bonds. The molecule has 0 aromatic heterocycles. The molecule has 1 N–H and O–H groups in total. The molecule has 0 bridgehead atoms. The van der Waals surface area contributed by atoms with Crippen molar-refractivity contribution < 1.29 is 14.6 Å². The Kier molecular flexibility index (Phi) is 8.64. The SMILES string of the molecule is CCC1=C(CN2CC(C(=O)O)C2)CCc2cc(OCCCc3ccc(Cl)cc3)ccc21.Cl. The van der Waals surface area contributed by atoms with Crippen LogP contribution in [0.15, 0.2) is 48.0 Å². The highest BCUT2D eigenvalue weighted by molar-refractivity contribution is 6.30. The van der Waals surface area contributed by atoms with Crippen LogP contribution in [0.25, 0.3) is 5.57 Å². The van der Waals surface area contributed by atoms with Gasteiger partial charge in [-0.1, -0.05) is 42.3 Å². The molecular formula is C26H31Cl2NO3. The second kappa shape index (κ2) is 11.2. The molecule has 1 aliphatic heterocycles. The van der Waals surface area contributed by atoms with Crippen LogP contribution in [-0.4, -0.2) is 42.2 Å². The topological polar surface area (TPSA) is 49.8 Å². The zero-order chi connectivity index (χ0) is 21.8. The molecule has 2 aliphatic rings. The maximum Gasteiger partial charge on any atom is 0.309 e. The van der Waals surface area contributed by atoms with E-state index in [0.717, 1.165) is 49.4 Å². The lowest BCUT2D eigenvalue weighted by atomic mass is 9.83. The van der Waals surface area contributed by atoms with Crippen molar-refractivity contribution in [2.24, 2.45) is 5.92 Å². The second-order valence-electron chi connectivity index (χ2n) is 8.56. The van der Waals surface area contributed by atoms with Gasteiger partial charge in [0.1, 0.15) is 5.75 Å². The van der Waals surface area contributed by atoms with Crippen molar-refractivity contribution in [3.05, 3.63) is 69.8 Å². The van der Waals surface area contributed by atoms with Gasteiger partial charge in [0.15, 0.2) is 0 Å². The normalized spacial score (nSPS) is 16.2. The van der Waals surface area contributed by atoms with Gasteiger partial charge in [0.05, 0.1) is 12.5 Å². The number of ether oxygens (including phenoxy) is 1. The predicted molar refractivity (Wildman–Crippen MR) is 132 cm³/mol. The lowest BCUT2D eigenvalue weighted by Gasteiger charge is -2.38. The molecule has 1 aliphatic carbocycles. The third kappa shape index (κ3) is 5.86. The number of carboxylic acid groups (broad SMARTS) is 1. The van der Waals surface area contributed by atoms with E-state index in [-0.39, 0.29) is 18.3 Å². The first-order chi connectivity index (χ1) is 15.0. The van der Waals surface area contributed by atoms with Gasteiger partial charge in [-0.3, -0.25) is 9.69 Å². The Morgan fingerprint density at radius 3 is 2.59 bits per heavy atom. The number of carboxylic acids is 1. The molecule has 32 heavy (non-hydrogen) atoms. The van der Waals surface area contributed by atoms with E-state index in [0.29, 0.717) is 19.7 Å². The van der Waals surface area contributed by atoms with E-state index in [1.807, 2.05) is 12.1 Å². The van der Waals surface area contributed by atoms with E-state index < -0.39 is 5.97 Å². The molecule has 0 radical (unpaired) electrons. The average Bonchev–Trinajstić information content (AvgIpc) is 2.74. The molecule has 4 rings (SSSR count). The van der Waals surface area contributed by atoms with Crippen LogP contribution in [0.5, 0.6) is 5.75 Å². The van der Waals surface area contributed by atoms with Crippen LogP contribution in [0.1, 0.15) is 42.9 Å². The molecule has 1 fully saturated rings. The summed E-state index contributed by atoms with van der Waals surface area (Å²) in [6.07, 6.45) is 5.01. The fourth-order valence-corrected chi connectivity index (χ4v) is 4.77. The maximum absolute atomic E-state index is 11.1. The number of fused-ring (bicyclic) bond motifs is 1. The molecule has 6 heteroatoms. The van der Waals surface area contributed by atoms with E-state index >= 15 is 0 Å². The Balaban J connectivity index is 0.00000289. The Labute approximate surface area is 201 Å². The minimum Gasteiger partial charge on any atom is -0.494 e. The smallest absolute Gasteiger partial charge is 0.309 e. The predicted octanol–water partition coefficient (Wildman–Crippen LogP) is 5.90. The molecule has 0 saturated carbocycles. The zero-order valence-electron chi connectivity index (χ0n) is 18.5. The summed E-state index contributed by atoms with van der Waals surface area (Å²) < 4.78 is 6.03. The van der Waals surface area contributed by atoms with E-state index in [1.54, 1.807) is 0 Å². The Hall–Kier alpha value is -2.01. The van der Waals surface area contributed by atoms with Crippen molar-refractivity contribution in [3.63, 3.8) is 0 Å². The van der Waals surface area contributed by atoms with Crippen molar-refractivity contribution in [2.75, 3.05) is 26.2 Å². The maximum atomic E-state index is 11.1. The van der Waals surface area contributed by atoms with Crippen LogP contribution in [-0.2, 0) is 17.6 Å². The minimum absolute atomic E-state index is 0. The molecule has 0 unspecified atom stereocenters. The standard InChI is InChI=1S/C26H30ClNO3.ClH/c1-2-24-20(15-28-16-21(17-28)26(29)30)8-7-19-14-23(11-12-25(19)24)31-13-3-4-18-5-9-22(27)10-6-18;/h5-6,9-12,14,21H,2-4,7-8,13,15-17H2,1H3,(H,29,30);1H. The number of benzene rings is 2. The molecule has 2 aromatic rings. The van der Waals surface area contributed by atoms with Crippen molar-refractivity contribution in [1.29, 1.82) is 0 Å². The van der Waals surface area contributed by atoms with Gasteiger partial charge < -0.3 is 9.84 Å². The van der Waals surface area contributed by atoms with Gasteiger partial charge in [0.25, 0.3) is 0 Å². The second-order valence-corrected chi connectivity index (χ2v) is 9.00. The largest absolute Gasteiger partial charge is 0.494 e. The van der Waals surface area contributed by atoms with Gasteiger partial charge >= 0.3 is 5.97 Å². The summed E-state index contributed by atoms with van der Waals surface area (Å²) in [5.41, 5.74) is 6.88. The third-order valence-corrected chi connectivity index (χ3v) is 6.64. The number of likely N-dealkylation sites (tertiary alicyclic amines) is 1. The molecule has 172 valence electrons. The molecular weight excluding hydrogens is 445 g/mol. The number of rotatable bonds is 9. The number of aliphatic carboxylic acids is 1. The molecule has 0 atom stereocenters. The first kappa shape index (κ1) is 24.6. The first-order valence-corrected chi connectivity index (χ1v) is 11.6.